The molecule has 7 heteroatoms. The van der Waals surface area contributed by atoms with Crippen molar-refractivity contribution in [3.8, 4) is 17.2 Å². The van der Waals surface area contributed by atoms with E-state index >= 15 is 0 Å². The molecule has 0 radical (unpaired) electrons. The molecule has 2 N–H and O–H groups in total. The molecule has 0 unspecified atom stereocenters. The Hall–Kier alpha value is -2.27. The van der Waals surface area contributed by atoms with Gasteiger partial charge >= 0.3 is 7.60 Å². The van der Waals surface area contributed by atoms with Gasteiger partial charge in [0.2, 0.25) is 0 Å². The molecule has 0 spiro atoms. The molecule has 3 aromatic rings. The summed E-state index contributed by atoms with van der Waals surface area (Å²) in [7, 11) is -1.09. The van der Waals surface area contributed by atoms with Crippen molar-refractivity contribution in [3.63, 3.8) is 0 Å². The van der Waals surface area contributed by atoms with Crippen molar-refractivity contribution < 1.29 is 23.1 Å². The van der Waals surface area contributed by atoms with Crippen LogP contribution in [0.3, 0.4) is 0 Å². The van der Waals surface area contributed by atoms with Crippen LogP contribution in [0.5, 0.6) is 5.75 Å². The summed E-state index contributed by atoms with van der Waals surface area (Å²) in [6, 6.07) is 13.2. The standard InChI is InChI=1S/C17H18NO5P/c1-21-24(20,22-2)17-16(19)13(11-12-7-4-3-5-8-12)15(18-17)14-9-6-10-23-14/h3-10,18-19H,11H2,1-2H3. The average Bonchev–Trinajstić information content (AvgIpc) is 3.25. The number of aromatic amines is 1. The van der Waals surface area contributed by atoms with Crippen molar-refractivity contribution in [2.45, 2.75) is 6.42 Å². The number of hydrogen-bond acceptors (Lipinski definition) is 5. The van der Waals surface area contributed by atoms with E-state index in [0.29, 0.717) is 23.4 Å². The maximum absolute atomic E-state index is 12.7. The monoisotopic (exact) mass is 347 g/mol. The minimum atomic E-state index is -3.63. The van der Waals surface area contributed by atoms with Gasteiger partial charge in [0.25, 0.3) is 0 Å². The molecule has 2 aromatic heterocycles. The molecule has 0 aliphatic rings. The number of H-pyrrole nitrogens is 1. The normalized spacial score (nSPS) is 11.8. The number of hydrogen-bond donors (Lipinski definition) is 2. The minimum absolute atomic E-state index is 0.0184. The number of furan rings is 1. The van der Waals surface area contributed by atoms with Crippen molar-refractivity contribution in [1.82, 2.24) is 4.98 Å². The van der Waals surface area contributed by atoms with Crippen LogP contribution in [0.2, 0.25) is 0 Å². The zero-order valence-electron chi connectivity index (χ0n) is 13.4. The molecule has 0 fully saturated rings. The summed E-state index contributed by atoms with van der Waals surface area (Å²) < 4.78 is 28.1. The third kappa shape index (κ3) is 2.91. The summed E-state index contributed by atoms with van der Waals surface area (Å²) >= 11 is 0. The van der Waals surface area contributed by atoms with Crippen molar-refractivity contribution in [2.75, 3.05) is 14.2 Å². The zero-order valence-corrected chi connectivity index (χ0v) is 14.2. The van der Waals surface area contributed by atoms with Crippen LogP contribution in [-0.4, -0.2) is 24.3 Å². The minimum Gasteiger partial charge on any atom is -0.505 e. The van der Waals surface area contributed by atoms with Gasteiger partial charge in [0.1, 0.15) is 0 Å². The molecule has 0 atom stereocenters. The van der Waals surface area contributed by atoms with Gasteiger partial charge in [-0.2, -0.15) is 0 Å². The fraction of sp³-hybridized carbons (Fsp3) is 0.176. The predicted octanol–water partition coefficient (Wildman–Crippen LogP) is 3.68. The summed E-state index contributed by atoms with van der Waals surface area (Å²) in [5.41, 5.74) is 2.13. The second-order valence-corrected chi connectivity index (χ2v) is 7.35. The topological polar surface area (TPSA) is 84.7 Å². The molecule has 24 heavy (non-hydrogen) atoms. The Morgan fingerprint density at radius 3 is 2.42 bits per heavy atom. The fourth-order valence-electron chi connectivity index (χ4n) is 2.57. The first-order valence-electron chi connectivity index (χ1n) is 7.32. The van der Waals surface area contributed by atoms with E-state index in [4.69, 9.17) is 13.5 Å². The van der Waals surface area contributed by atoms with E-state index in [2.05, 4.69) is 4.98 Å². The van der Waals surface area contributed by atoms with E-state index in [1.54, 1.807) is 12.1 Å². The lowest BCUT2D eigenvalue weighted by Gasteiger charge is -2.12. The van der Waals surface area contributed by atoms with Crippen molar-refractivity contribution in [3.05, 3.63) is 59.9 Å². The van der Waals surface area contributed by atoms with Crippen molar-refractivity contribution in [1.29, 1.82) is 0 Å². The van der Waals surface area contributed by atoms with Crippen LogP contribution >= 0.6 is 7.60 Å². The molecule has 6 nitrogen and oxygen atoms in total. The average molecular weight is 347 g/mol. The molecule has 0 aliphatic carbocycles. The highest BCUT2D eigenvalue weighted by molar-refractivity contribution is 7.62. The molecular weight excluding hydrogens is 329 g/mol. The predicted molar refractivity (Wildman–Crippen MR) is 90.7 cm³/mol. The summed E-state index contributed by atoms with van der Waals surface area (Å²) in [6.45, 7) is 0. The van der Waals surface area contributed by atoms with Gasteiger partial charge in [-0.25, -0.2) is 0 Å². The van der Waals surface area contributed by atoms with E-state index < -0.39 is 7.60 Å². The van der Waals surface area contributed by atoms with Crippen LogP contribution in [0.25, 0.3) is 11.5 Å². The first-order chi connectivity index (χ1) is 11.6. The van der Waals surface area contributed by atoms with Gasteiger partial charge in [0.15, 0.2) is 16.9 Å². The molecule has 2 heterocycles. The van der Waals surface area contributed by atoms with Crippen LogP contribution in [0, 0.1) is 0 Å². The van der Waals surface area contributed by atoms with Crippen LogP contribution < -0.4 is 5.44 Å². The molecule has 0 aliphatic heterocycles. The van der Waals surface area contributed by atoms with E-state index in [1.165, 1.54) is 20.5 Å². The van der Waals surface area contributed by atoms with Gasteiger partial charge in [-0.1, -0.05) is 30.3 Å². The summed E-state index contributed by atoms with van der Waals surface area (Å²) in [5, 5.41) is 10.7. The first kappa shape index (κ1) is 16.6. The number of benzene rings is 1. The molecule has 1 aromatic carbocycles. The van der Waals surface area contributed by atoms with E-state index in [1.807, 2.05) is 30.3 Å². The zero-order chi connectivity index (χ0) is 17.2. The third-order valence-electron chi connectivity index (χ3n) is 3.80. The molecule has 126 valence electrons. The Morgan fingerprint density at radius 1 is 1.12 bits per heavy atom. The maximum Gasteiger partial charge on any atom is 0.380 e. The highest BCUT2D eigenvalue weighted by Gasteiger charge is 2.34. The van der Waals surface area contributed by atoms with Gasteiger partial charge in [0, 0.05) is 26.2 Å². The van der Waals surface area contributed by atoms with Crippen LogP contribution in [0.15, 0.2) is 53.1 Å². The van der Waals surface area contributed by atoms with Crippen LogP contribution in [0.1, 0.15) is 11.1 Å². The largest absolute Gasteiger partial charge is 0.505 e. The molecule has 0 bridgehead atoms. The Labute approximate surface area is 139 Å². The SMILES string of the molecule is COP(=O)(OC)c1[nH]c(-c2ccco2)c(Cc2ccccc2)c1O. The first-order valence-corrected chi connectivity index (χ1v) is 8.87. The van der Waals surface area contributed by atoms with E-state index in [0.717, 1.165) is 5.56 Å². The summed E-state index contributed by atoms with van der Waals surface area (Å²) in [6.07, 6.45) is 1.97. The van der Waals surface area contributed by atoms with Gasteiger partial charge in [-0.3, -0.25) is 4.57 Å². The Morgan fingerprint density at radius 2 is 1.83 bits per heavy atom. The lowest BCUT2D eigenvalue weighted by Crippen LogP contribution is -2.09. The van der Waals surface area contributed by atoms with Gasteiger partial charge < -0.3 is 23.6 Å². The Kier molecular flexibility index (Phi) is 4.62. The summed E-state index contributed by atoms with van der Waals surface area (Å²) in [5.74, 6) is 0.388. The highest BCUT2D eigenvalue weighted by atomic mass is 31.2. The fourth-order valence-corrected chi connectivity index (χ4v) is 3.73. The lowest BCUT2D eigenvalue weighted by atomic mass is 10.0. The van der Waals surface area contributed by atoms with Crippen molar-refractivity contribution >= 4 is 13.0 Å². The Bertz CT molecular complexity index is 847. The van der Waals surface area contributed by atoms with Crippen LogP contribution in [0.4, 0.5) is 0 Å². The van der Waals surface area contributed by atoms with Crippen molar-refractivity contribution in [2.24, 2.45) is 0 Å². The highest BCUT2D eigenvalue weighted by Crippen LogP contribution is 2.49. The van der Waals surface area contributed by atoms with Crippen LogP contribution in [-0.2, 0) is 20.0 Å². The molecule has 3 rings (SSSR count). The molecule has 0 amide bonds. The molecular formula is C17H18NO5P. The third-order valence-corrected chi connectivity index (χ3v) is 5.63. The lowest BCUT2D eigenvalue weighted by molar-refractivity contribution is 0.285. The number of nitrogens with one attached hydrogen (secondary N) is 1. The smallest absolute Gasteiger partial charge is 0.380 e. The maximum atomic E-state index is 12.7. The number of rotatable bonds is 6. The van der Waals surface area contributed by atoms with Gasteiger partial charge in [-0.05, 0) is 17.7 Å². The second-order valence-electron chi connectivity index (χ2n) is 5.18. The van der Waals surface area contributed by atoms with Gasteiger partial charge in [0.05, 0.1) is 12.0 Å². The Balaban J connectivity index is 2.15. The quantitative estimate of drug-likeness (QED) is 0.665. The second kappa shape index (κ2) is 6.69. The molecule has 0 saturated carbocycles. The number of aromatic hydroxyl groups is 1. The van der Waals surface area contributed by atoms with E-state index in [9.17, 15) is 9.67 Å². The molecule has 0 saturated heterocycles. The van der Waals surface area contributed by atoms with E-state index in [-0.39, 0.29) is 11.2 Å². The number of aromatic nitrogens is 1. The summed E-state index contributed by atoms with van der Waals surface area (Å²) in [4.78, 5) is 2.96. The van der Waals surface area contributed by atoms with Gasteiger partial charge in [-0.15, -0.1) is 0 Å².